The second kappa shape index (κ2) is 4.80. The zero-order chi connectivity index (χ0) is 16.1. The highest BCUT2D eigenvalue weighted by Gasteiger charge is 2.20. The first kappa shape index (κ1) is 13.1. The fourth-order valence-electron chi connectivity index (χ4n) is 3.16. The molecular weight excluding hydrogens is 300 g/mol. The Balaban J connectivity index is 1.74. The average Bonchev–Trinajstić information content (AvgIpc) is 3.22. The van der Waals surface area contributed by atoms with Gasteiger partial charge in [0.2, 0.25) is 5.78 Å². The van der Waals surface area contributed by atoms with Gasteiger partial charge >= 0.3 is 0 Å². The van der Waals surface area contributed by atoms with E-state index in [1.165, 1.54) is 0 Å². The van der Waals surface area contributed by atoms with E-state index >= 15 is 0 Å². The van der Waals surface area contributed by atoms with Crippen LogP contribution in [0.3, 0.4) is 0 Å². The van der Waals surface area contributed by atoms with Gasteiger partial charge in [-0.1, -0.05) is 36.4 Å². The minimum Gasteiger partial charge on any atom is -0.453 e. The molecule has 1 N–H and O–H groups in total. The number of furan rings is 1. The van der Waals surface area contributed by atoms with Crippen LogP contribution in [0.25, 0.3) is 32.8 Å². The third-order valence-corrected chi connectivity index (χ3v) is 4.29. The van der Waals surface area contributed by atoms with Gasteiger partial charge in [0.1, 0.15) is 11.3 Å². The summed E-state index contributed by atoms with van der Waals surface area (Å²) >= 11 is 0. The Morgan fingerprint density at radius 1 is 0.958 bits per heavy atom. The maximum atomic E-state index is 12.9. The number of aromatic nitrogens is 2. The molecule has 2 aromatic carbocycles. The maximum absolute atomic E-state index is 12.9. The summed E-state index contributed by atoms with van der Waals surface area (Å²) < 4.78 is 5.70. The fraction of sp³-hybridized carbons (Fsp3) is 0. The molecule has 0 unspecified atom stereocenters. The average molecular weight is 312 g/mol. The van der Waals surface area contributed by atoms with Crippen LogP contribution in [0.4, 0.5) is 0 Å². The minimum atomic E-state index is -0.219. The van der Waals surface area contributed by atoms with Crippen LogP contribution in [0, 0.1) is 0 Å². The van der Waals surface area contributed by atoms with E-state index in [1.807, 2.05) is 54.6 Å². The second-order valence-electron chi connectivity index (χ2n) is 5.73. The van der Waals surface area contributed by atoms with E-state index < -0.39 is 0 Å². The molecule has 0 saturated carbocycles. The van der Waals surface area contributed by atoms with E-state index in [4.69, 9.17) is 4.42 Å². The van der Waals surface area contributed by atoms with Crippen LogP contribution in [0.5, 0.6) is 0 Å². The SMILES string of the molecule is O=C(c1cc2ccccc2o1)c1nccc2c1[nH]c1ccccc12. The number of fused-ring (bicyclic) bond motifs is 4. The zero-order valence-electron chi connectivity index (χ0n) is 12.6. The van der Waals surface area contributed by atoms with E-state index in [2.05, 4.69) is 9.97 Å². The Hall–Kier alpha value is -3.40. The highest BCUT2D eigenvalue weighted by Crippen LogP contribution is 2.28. The van der Waals surface area contributed by atoms with Crippen LogP contribution < -0.4 is 0 Å². The first-order valence-electron chi connectivity index (χ1n) is 7.70. The van der Waals surface area contributed by atoms with E-state index in [1.54, 1.807) is 12.3 Å². The van der Waals surface area contributed by atoms with Gasteiger partial charge in [-0.3, -0.25) is 9.78 Å². The molecule has 3 aromatic heterocycles. The number of carbonyl (C=O) groups excluding carboxylic acids is 1. The van der Waals surface area contributed by atoms with Crippen LogP contribution in [-0.4, -0.2) is 15.8 Å². The van der Waals surface area contributed by atoms with Crippen LogP contribution >= 0.6 is 0 Å². The van der Waals surface area contributed by atoms with Gasteiger partial charge < -0.3 is 9.40 Å². The van der Waals surface area contributed by atoms with Crippen molar-refractivity contribution in [2.75, 3.05) is 0 Å². The molecule has 114 valence electrons. The van der Waals surface area contributed by atoms with Gasteiger partial charge in [0.05, 0.1) is 5.52 Å². The molecule has 0 aliphatic rings. The Labute approximate surface area is 136 Å². The van der Waals surface area contributed by atoms with Gasteiger partial charge in [-0.05, 0) is 24.3 Å². The third kappa shape index (κ3) is 1.80. The molecule has 5 aromatic rings. The van der Waals surface area contributed by atoms with Crippen molar-refractivity contribution in [3.63, 3.8) is 0 Å². The lowest BCUT2D eigenvalue weighted by molar-refractivity contribution is 0.101. The normalized spacial score (nSPS) is 11.5. The van der Waals surface area contributed by atoms with Gasteiger partial charge in [-0.15, -0.1) is 0 Å². The number of hydrogen-bond acceptors (Lipinski definition) is 3. The van der Waals surface area contributed by atoms with E-state index in [0.29, 0.717) is 17.0 Å². The molecule has 0 bridgehead atoms. The first-order chi connectivity index (χ1) is 11.8. The standard InChI is InChI=1S/C20H12N2O2/c23-20(17-11-12-5-1-4-8-16(12)24-17)19-18-14(9-10-21-19)13-6-2-3-7-15(13)22-18/h1-11,22H. The lowest BCUT2D eigenvalue weighted by Gasteiger charge is -1.99. The molecule has 0 spiro atoms. The van der Waals surface area contributed by atoms with Crippen molar-refractivity contribution in [1.82, 2.24) is 9.97 Å². The number of hydrogen-bond donors (Lipinski definition) is 1. The van der Waals surface area contributed by atoms with Crippen LogP contribution in [0.15, 0.2) is 71.3 Å². The predicted octanol–water partition coefficient (Wildman–Crippen LogP) is 4.69. The summed E-state index contributed by atoms with van der Waals surface area (Å²) in [5.74, 6) is 0.0817. The highest BCUT2D eigenvalue weighted by atomic mass is 16.3. The number of H-pyrrole nitrogens is 1. The Morgan fingerprint density at radius 2 is 1.79 bits per heavy atom. The number of carbonyl (C=O) groups is 1. The summed E-state index contributed by atoms with van der Waals surface area (Å²) in [6, 6.07) is 19.2. The molecule has 5 rings (SSSR count). The molecular formula is C20H12N2O2. The van der Waals surface area contributed by atoms with Crippen molar-refractivity contribution < 1.29 is 9.21 Å². The summed E-state index contributed by atoms with van der Waals surface area (Å²) in [6.45, 7) is 0. The molecule has 0 aliphatic carbocycles. The Kier molecular flexibility index (Phi) is 2.61. The number of benzene rings is 2. The van der Waals surface area contributed by atoms with Gasteiger partial charge in [-0.2, -0.15) is 0 Å². The van der Waals surface area contributed by atoms with Crippen LogP contribution in [0.2, 0.25) is 0 Å². The molecule has 0 saturated heterocycles. The summed E-state index contributed by atoms with van der Waals surface area (Å²) in [5, 5.41) is 2.97. The number of aromatic amines is 1. The fourth-order valence-corrected chi connectivity index (χ4v) is 3.16. The zero-order valence-corrected chi connectivity index (χ0v) is 12.6. The van der Waals surface area contributed by atoms with Gasteiger partial charge in [0.25, 0.3) is 0 Å². The summed E-state index contributed by atoms with van der Waals surface area (Å²) in [7, 11) is 0. The monoisotopic (exact) mass is 312 g/mol. The first-order valence-corrected chi connectivity index (χ1v) is 7.70. The molecule has 0 amide bonds. The summed E-state index contributed by atoms with van der Waals surface area (Å²) in [6.07, 6.45) is 1.67. The van der Waals surface area contributed by atoms with Gasteiger partial charge in [-0.25, -0.2) is 0 Å². The van der Waals surface area contributed by atoms with Crippen LogP contribution in [-0.2, 0) is 0 Å². The van der Waals surface area contributed by atoms with Crippen molar-refractivity contribution in [3.05, 3.63) is 78.3 Å². The molecule has 3 heterocycles. The van der Waals surface area contributed by atoms with Crippen molar-refractivity contribution >= 4 is 38.6 Å². The quantitative estimate of drug-likeness (QED) is 0.481. The number of ketones is 1. The van der Waals surface area contributed by atoms with Crippen molar-refractivity contribution in [3.8, 4) is 0 Å². The molecule has 0 aliphatic heterocycles. The van der Waals surface area contributed by atoms with Gasteiger partial charge in [0.15, 0.2) is 5.76 Å². The lowest BCUT2D eigenvalue weighted by atomic mass is 10.1. The Morgan fingerprint density at radius 3 is 2.71 bits per heavy atom. The lowest BCUT2D eigenvalue weighted by Crippen LogP contribution is -2.03. The van der Waals surface area contributed by atoms with E-state index in [0.717, 1.165) is 27.2 Å². The number of para-hydroxylation sites is 2. The van der Waals surface area contributed by atoms with Crippen molar-refractivity contribution in [2.24, 2.45) is 0 Å². The van der Waals surface area contributed by atoms with Crippen LogP contribution in [0.1, 0.15) is 16.2 Å². The largest absolute Gasteiger partial charge is 0.453 e. The maximum Gasteiger partial charge on any atom is 0.248 e. The second-order valence-corrected chi connectivity index (χ2v) is 5.73. The molecule has 0 fully saturated rings. The van der Waals surface area contributed by atoms with E-state index in [-0.39, 0.29) is 5.78 Å². The molecule has 24 heavy (non-hydrogen) atoms. The number of nitrogens with zero attached hydrogens (tertiary/aromatic N) is 1. The number of nitrogens with one attached hydrogen (secondary N) is 1. The third-order valence-electron chi connectivity index (χ3n) is 4.29. The number of rotatable bonds is 2. The molecule has 4 heteroatoms. The Bertz CT molecular complexity index is 1200. The van der Waals surface area contributed by atoms with E-state index in [9.17, 15) is 4.79 Å². The molecule has 0 atom stereocenters. The van der Waals surface area contributed by atoms with Gasteiger partial charge in [0, 0.05) is 27.9 Å². The highest BCUT2D eigenvalue weighted by molar-refractivity contribution is 6.18. The number of pyridine rings is 1. The van der Waals surface area contributed by atoms with Crippen molar-refractivity contribution in [2.45, 2.75) is 0 Å². The summed E-state index contributed by atoms with van der Waals surface area (Å²) in [5.41, 5.74) is 2.80. The molecule has 0 radical (unpaired) electrons. The smallest absolute Gasteiger partial charge is 0.248 e. The predicted molar refractivity (Wildman–Crippen MR) is 93.2 cm³/mol. The summed E-state index contributed by atoms with van der Waals surface area (Å²) in [4.78, 5) is 20.5. The molecule has 4 nitrogen and oxygen atoms in total. The van der Waals surface area contributed by atoms with Crippen molar-refractivity contribution in [1.29, 1.82) is 0 Å². The topological polar surface area (TPSA) is 58.9 Å². The minimum absolute atomic E-state index is 0.219.